The zero-order chi connectivity index (χ0) is 15.7. The molecular formula is C14H20N4O2S2. The predicted octanol–water partition coefficient (Wildman–Crippen LogP) is 1.99. The molecule has 22 heavy (non-hydrogen) atoms. The van der Waals surface area contributed by atoms with Crippen LogP contribution in [0.3, 0.4) is 0 Å². The fraction of sp³-hybridized carbons (Fsp3) is 0.571. The smallest absolute Gasteiger partial charge is 0.214 e. The highest BCUT2D eigenvalue weighted by molar-refractivity contribution is 7.90. The van der Waals surface area contributed by atoms with E-state index in [-0.39, 0.29) is 6.04 Å². The number of aromatic nitrogens is 2. The number of fused-ring (bicyclic) bond motifs is 1. The summed E-state index contributed by atoms with van der Waals surface area (Å²) < 4.78 is 28.0. The molecule has 0 saturated carbocycles. The lowest BCUT2D eigenvalue weighted by Crippen LogP contribution is -2.49. The van der Waals surface area contributed by atoms with E-state index < -0.39 is 15.3 Å². The van der Waals surface area contributed by atoms with E-state index in [1.807, 2.05) is 6.07 Å². The largest absolute Gasteiger partial charge is 0.346 e. The second-order valence-corrected chi connectivity index (χ2v) is 9.11. The highest BCUT2D eigenvalue weighted by Crippen LogP contribution is 2.30. The van der Waals surface area contributed by atoms with Crippen LogP contribution in [-0.4, -0.2) is 42.8 Å². The van der Waals surface area contributed by atoms with E-state index in [9.17, 15) is 8.42 Å². The molecule has 2 aromatic rings. The van der Waals surface area contributed by atoms with Crippen molar-refractivity contribution in [3.05, 3.63) is 18.5 Å². The number of sulfonamides is 1. The first kappa shape index (κ1) is 15.6. The van der Waals surface area contributed by atoms with Crippen molar-refractivity contribution >= 4 is 36.7 Å². The molecule has 2 aromatic heterocycles. The maximum absolute atomic E-state index is 12.0. The fourth-order valence-electron chi connectivity index (χ4n) is 2.52. The van der Waals surface area contributed by atoms with Gasteiger partial charge in [-0.2, -0.15) is 0 Å². The Hall–Kier alpha value is -1.25. The van der Waals surface area contributed by atoms with E-state index in [1.165, 1.54) is 0 Å². The quantitative estimate of drug-likeness (QED) is 0.921. The Labute approximate surface area is 134 Å². The van der Waals surface area contributed by atoms with Crippen molar-refractivity contribution in [1.82, 2.24) is 14.7 Å². The average molecular weight is 340 g/mol. The molecule has 0 aromatic carbocycles. The molecule has 0 aliphatic carbocycles. The molecule has 0 amide bonds. The van der Waals surface area contributed by atoms with Gasteiger partial charge in [0.05, 0.1) is 16.1 Å². The second kappa shape index (κ2) is 6.10. The number of thiazole rings is 1. The zero-order valence-electron chi connectivity index (χ0n) is 12.7. The Bertz CT molecular complexity index is 724. The minimum Gasteiger partial charge on any atom is -0.346 e. The van der Waals surface area contributed by atoms with Crippen LogP contribution in [0.1, 0.15) is 26.7 Å². The van der Waals surface area contributed by atoms with E-state index in [1.54, 1.807) is 37.6 Å². The lowest BCUT2D eigenvalue weighted by molar-refractivity contribution is 0.463. The Morgan fingerprint density at radius 1 is 1.45 bits per heavy atom. The Balaban J connectivity index is 1.75. The van der Waals surface area contributed by atoms with Gasteiger partial charge in [0, 0.05) is 25.3 Å². The SMILES string of the molecule is CC(C)S(=O)(=O)NC1CCCN(c2nc3cnccc3s2)C1. The number of rotatable bonds is 4. The molecule has 0 radical (unpaired) electrons. The first-order chi connectivity index (χ1) is 10.5. The summed E-state index contributed by atoms with van der Waals surface area (Å²) in [4.78, 5) is 10.9. The highest BCUT2D eigenvalue weighted by atomic mass is 32.2. The Kier molecular flexibility index (Phi) is 4.33. The molecule has 6 nitrogen and oxygen atoms in total. The number of nitrogens with zero attached hydrogens (tertiary/aromatic N) is 3. The first-order valence-corrected chi connectivity index (χ1v) is 9.78. The molecule has 1 unspecified atom stereocenters. The summed E-state index contributed by atoms with van der Waals surface area (Å²) >= 11 is 1.63. The van der Waals surface area contributed by atoms with E-state index in [0.29, 0.717) is 6.54 Å². The minimum atomic E-state index is -3.23. The van der Waals surface area contributed by atoms with Crippen LogP contribution in [0.4, 0.5) is 5.13 Å². The fourth-order valence-corrected chi connectivity index (χ4v) is 4.42. The van der Waals surface area contributed by atoms with Gasteiger partial charge in [0.1, 0.15) is 5.52 Å². The molecular weight excluding hydrogens is 320 g/mol. The van der Waals surface area contributed by atoms with Gasteiger partial charge in [-0.3, -0.25) is 4.98 Å². The number of anilines is 1. The second-order valence-electron chi connectivity index (χ2n) is 5.84. The van der Waals surface area contributed by atoms with Crippen molar-refractivity contribution in [3.63, 3.8) is 0 Å². The summed E-state index contributed by atoms with van der Waals surface area (Å²) in [5.74, 6) is 0. The van der Waals surface area contributed by atoms with Crippen LogP contribution in [0.5, 0.6) is 0 Å². The number of pyridine rings is 1. The molecule has 1 saturated heterocycles. The zero-order valence-corrected chi connectivity index (χ0v) is 14.3. The summed E-state index contributed by atoms with van der Waals surface area (Å²) in [7, 11) is -3.23. The molecule has 1 aliphatic rings. The summed E-state index contributed by atoms with van der Waals surface area (Å²) in [5, 5.41) is 0.535. The molecule has 120 valence electrons. The summed E-state index contributed by atoms with van der Waals surface area (Å²) in [5.41, 5.74) is 0.896. The van der Waals surface area contributed by atoms with Gasteiger partial charge in [0.15, 0.2) is 5.13 Å². The van der Waals surface area contributed by atoms with Crippen LogP contribution < -0.4 is 9.62 Å². The van der Waals surface area contributed by atoms with Crippen molar-refractivity contribution in [2.45, 2.75) is 38.0 Å². The van der Waals surface area contributed by atoms with Gasteiger partial charge in [0.2, 0.25) is 10.0 Å². The monoisotopic (exact) mass is 340 g/mol. The number of piperidine rings is 1. The van der Waals surface area contributed by atoms with Crippen LogP contribution in [0.25, 0.3) is 10.2 Å². The van der Waals surface area contributed by atoms with Crippen molar-refractivity contribution < 1.29 is 8.42 Å². The van der Waals surface area contributed by atoms with Crippen LogP contribution in [0.2, 0.25) is 0 Å². The van der Waals surface area contributed by atoms with E-state index in [0.717, 1.165) is 34.7 Å². The Morgan fingerprint density at radius 3 is 3.00 bits per heavy atom. The van der Waals surface area contributed by atoms with Gasteiger partial charge in [0.25, 0.3) is 0 Å². The lowest BCUT2D eigenvalue weighted by atomic mass is 10.1. The van der Waals surface area contributed by atoms with Crippen LogP contribution >= 0.6 is 11.3 Å². The molecule has 3 rings (SSSR count). The van der Waals surface area contributed by atoms with E-state index in [2.05, 4.69) is 19.6 Å². The van der Waals surface area contributed by atoms with Crippen molar-refractivity contribution in [1.29, 1.82) is 0 Å². The van der Waals surface area contributed by atoms with Crippen molar-refractivity contribution in [2.75, 3.05) is 18.0 Å². The normalized spacial score (nSPS) is 20.0. The summed E-state index contributed by atoms with van der Waals surface area (Å²) in [6.45, 7) is 4.97. The standard InChI is InChI=1S/C14H20N4O2S2/c1-10(2)22(19,20)17-11-4-3-7-18(9-11)14-16-12-8-15-6-5-13(12)21-14/h5-6,8,10-11,17H,3-4,7,9H2,1-2H3. The third kappa shape index (κ3) is 3.23. The van der Waals surface area contributed by atoms with Gasteiger partial charge in [-0.25, -0.2) is 18.1 Å². The molecule has 3 heterocycles. The maximum Gasteiger partial charge on any atom is 0.214 e. The number of hydrogen-bond acceptors (Lipinski definition) is 6. The van der Waals surface area contributed by atoms with E-state index in [4.69, 9.17) is 0 Å². The molecule has 1 atom stereocenters. The molecule has 0 bridgehead atoms. The average Bonchev–Trinajstić information content (AvgIpc) is 2.91. The van der Waals surface area contributed by atoms with Crippen LogP contribution in [0.15, 0.2) is 18.5 Å². The summed E-state index contributed by atoms with van der Waals surface area (Å²) in [6.07, 6.45) is 5.35. The summed E-state index contributed by atoms with van der Waals surface area (Å²) in [6, 6.07) is 1.91. The van der Waals surface area contributed by atoms with Gasteiger partial charge < -0.3 is 4.90 Å². The van der Waals surface area contributed by atoms with Crippen LogP contribution in [-0.2, 0) is 10.0 Å². The minimum absolute atomic E-state index is 0.0497. The van der Waals surface area contributed by atoms with Crippen LogP contribution in [0, 0.1) is 0 Å². The molecule has 0 spiro atoms. The predicted molar refractivity (Wildman–Crippen MR) is 89.8 cm³/mol. The van der Waals surface area contributed by atoms with Gasteiger partial charge >= 0.3 is 0 Å². The molecule has 8 heteroatoms. The molecule has 1 fully saturated rings. The van der Waals surface area contributed by atoms with Crippen molar-refractivity contribution in [3.8, 4) is 0 Å². The lowest BCUT2D eigenvalue weighted by Gasteiger charge is -2.33. The Morgan fingerprint density at radius 2 is 2.27 bits per heavy atom. The molecule has 1 N–H and O–H groups in total. The highest BCUT2D eigenvalue weighted by Gasteiger charge is 2.27. The number of hydrogen-bond donors (Lipinski definition) is 1. The van der Waals surface area contributed by atoms with Gasteiger partial charge in [-0.1, -0.05) is 11.3 Å². The van der Waals surface area contributed by atoms with E-state index >= 15 is 0 Å². The topological polar surface area (TPSA) is 75.2 Å². The maximum atomic E-state index is 12.0. The van der Waals surface area contributed by atoms with Gasteiger partial charge in [-0.15, -0.1) is 0 Å². The third-order valence-electron chi connectivity index (χ3n) is 3.82. The van der Waals surface area contributed by atoms with Gasteiger partial charge in [-0.05, 0) is 32.8 Å². The molecule has 1 aliphatic heterocycles. The third-order valence-corrected chi connectivity index (χ3v) is 6.82. The first-order valence-electron chi connectivity index (χ1n) is 7.42. The van der Waals surface area contributed by atoms with Crippen molar-refractivity contribution in [2.24, 2.45) is 0 Å². The number of nitrogens with one attached hydrogen (secondary N) is 1.